The number of hydrogen-bond acceptors (Lipinski definition) is 6. The van der Waals surface area contributed by atoms with Gasteiger partial charge in [0.1, 0.15) is 17.4 Å². The Morgan fingerprint density at radius 3 is 2.84 bits per heavy atom. The molecule has 2 rings (SSSR count). The van der Waals surface area contributed by atoms with E-state index in [1.54, 1.807) is 12.3 Å². The van der Waals surface area contributed by atoms with Crippen LogP contribution in [-0.4, -0.2) is 17.1 Å². The molecule has 0 saturated heterocycles. The normalized spacial score (nSPS) is 10.1. The van der Waals surface area contributed by atoms with Crippen LogP contribution >= 0.6 is 0 Å². The maximum Gasteiger partial charge on any atom is 0.239 e. The van der Waals surface area contributed by atoms with Crippen molar-refractivity contribution in [2.45, 2.75) is 6.92 Å². The first-order valence-electron chi connectivity index (χ1n) is 5.55. The maximum atomic E-state index is 13.1. The summed E-state index contributed by atoms with van der Waals surface area (Å²) in [5.74, 6) is 6.13. The van der Waals surface area contributed by atoms with E-state index in [1.165, 1.54) is 19.2 Å². The van der Waals surface area contributed by atoms with Gasteiger partial charge in [0, 0.05) is 17.8 Å². The minimum Gasteiger partial charge on any atom is -0.494 e. The molecule has 0 bridgehead atoms. The van der Waals surface area contributed by atoms with E-state index in [9.17, 15) is 4.39 Å². The van der Waals surface area contributed by atoms with Crippen molar-refractivity contribution in [3.8, 4) is 5.75 Å². The Morgan fingerprint density at radius 2 is 2.16 bits per heavy atom. The second-order valence-corrected chi connectivity index (χ2v) is 3.84. The van der Waals surface area contributed by atoms with Crippen molar-refractivity contribution < 1.29 is 9.13 Å². The summed E-state index contributed by atoms with van der Waals surface area (Å²) < 4.78 is 18.2. The number of nitrogen functional groups attached to an aromatic ring is 1. The van der Waals surface area contributed by atoms with Crippen molar-refractivity contribution >= 4 is 17.5 Å². The molecule has 0 aliphatic heterocycles. The zero-order valence-electron chi connectivity index (χ0n) is 10.6. The molecular formula is C12H14FN5O. The summed E-state index contributed by atoms with van der Waals surface area (Å²) in [6, 6.07) is 4.20. The SMILES string of the molecule is COc1cc(F)ccc1Nc1nc(NN)ncc1C. The van der Waals surface area contributed by atoms with Gasteiger partial charge in [-0.25, -0.2) is 15.2 Å². The van der Waals surface area contributed by atoms with Crippen LogP contribution in [0.4, 0.5) is 21.8 Å². The molecule has 0 aliphatic rings. The Labute approximate surface area is 109 Å². The van der Waals surface area contributed by atoms with E-state index in [2.05, 4.69) is 20.7 Å². The van der Waals surface area contributed by atoms with Gasteiger partial charge >= 0.3 is 0 Å². The number of rotatable bonds is 4. The zero-order chi connectivity index (χ0) is 13.8. The Balaban J connectivity index is 2.35. The summed E-state index contributed by atoms with van der Waals surface area (Å²) >= 11 is 0. The molecule has 0 radical (unpaired) electrons. The number of aryl methyl sites for hydroxylation is 1. The van der Waals surface area contributed by atoms with E-state index < -0.39 is 0 Å². The topological polar surface area (TPSA) is 85.1 Å². The fourth-order valence-electron chi connectivity index (χ4n) is 1.53. The van der Waals surface area contributed by atoms with E-state index in [4.69, 9.17) is 10.6 Å². The Kier molecular flexibility index (Phi) is 3.76. The third-order valence-corrected chi connectivity index (χ3v) is 2.52. The summed E-state index contributed by atoms with van der Waals surface area (Å²) in [5, 5.41) is 3.06. The number of methoxy groups -OCH3 is 1. The van der Waals surface area contributed by atoms with Crippen molar-refractivity contribution in [3.05, 3.63) is 35.8 Å². The molecule has 0 amide bonds. The number of nitrogens with zero attached hydrogens (tertiary/aromatic N) is 2. The summed E-state index contributed by atoms with van der Waals surface area (Å²) in [6.45, 7) is 1.85. The van der Waals surface area contributed by atoms with E-state index in [-0.39, 0.29) is 11.8 Å². The van der Waals surface area contributed by atoms with Crippen LogP contribution in [0.1, 0.15) is 5.56 Å². The van der Waals surface area contributed by atoms with Crippen LogP contribution in [0, 0.1) is 12.7 Å². The van der Waals surface area contributed by atoms with Gasteiger partial charge < -0.3 is 10.1 Å². The molecule has 100 valence electrons. The van der Waals surface area contributed by atoms with Crippen LogP contribution in [0.15, 0.2) is 24.4 Å². The number of aromatic nitrogens is 2. The number of benzene rings is 1. The molecule has 7 heteroatoms. The van der Waals surface area contributed by atoms with Crippen LogP contribution < -0.4 is 21.3 Å². The zero-order valence-corrected chi connectivity index (χ0v) is 10.6. The van der Waals surface area contributed by atoms with E-state index >= 15 is 0 Å². The lowest BCUT2D eigenvalue weighted by molar-refractivity contribution is 0.413. The van der Waals surface area contributed by atoms with Gasteiger partial charge in [-0.15, -0.1) is 0 Å². The number of hydrogen-bond donors (Lipinski definition) is 3. The van der Waals surface area contributed by atoms with Gasteiger partial charge in [-0.1, -0.05) is 0 Å². The van der Waals surface area contributed by atoms with Crippen molar-refractivity contribution in [1.82, 2.24) is 9.97 Å². The average molecular weight is 263 g/mol. The Hall–Kier alpha value is -2.41. The fraction of sp³-hybridized carbons (Fsp3) is 0.167. The maximum absolute atomic E-state index is 13.1. The van der Waals surface area contributed by atoms with Gasteiger partial charge in [0.2, 0.25) is 5.95 Å². The molecule has 19 heavy (non-hydrogen) atoms. The quantitative estimate of drug-likeness (QED) is 0.577. The number of hydrazine groups is 1. The molecule has 0 atom stereocenters. The predicted molar refractivity (Wildman–Crippen MR) is 70.8 cm³/mol. The number of nitrogens with two attached hydrogens (primary N) is 1. The minimum atomic E-state index is -0.369. The van der Waals surface area contributed by atoms with Crippen molar-refractivity contribution in [2.24, 2.45) is 5.84 Å². The van der Waals surface area contributed by atoms with Crippen molar-refractivity contribution in [2.75, 3.05) is 17.9 Å². The lowest BCUT2D eigenvalue weighted by Gasteiger charge is -2.12. The average Bonchev–Trinajstić information content (AvgIpc) is 2.43. The molecule has 1 aromatic carbocycles. The van der Waals surface area contributed by atoms with Gasteiger partial charge in [0.05, 0.1) is 12.8 Å². The molecule has 0 spiro atoms. The standard InChI is InChI=1S/C12H14FN5O/c1-7-6-15-12(18-14)17-11(7)16-9-4-3-8(13)5-10(9)19-2/h3-6H,14H2,1-2H3,(H2,15,16,17,18). The number of nitrogens with one attached hydrogen (secondary N) is 2. The highest BCUT2D eigenvalue weighted by Gasteiger charge is 2.08. The molecule has 2 aromatic rings. The summed E-state index contributed by atoms with van der Waals surface area (Å²) in [4.78, 5) is 8.15. The largest absolute Gasteiger partial charge is 0.494 e. The molecular weight excluding hydrogens is 249 g/mol. The van der Waals surface area contributed by atoms with Crippen molar-refractivity contribution in [3.63, 3.8) is 0 Å². The third-order valence-electron chi connectivity index (χ3n) is 2.52. The highest BCUT2D eigenvalue weighted by molar-refractivity contribution is 5.66. The molecule has 0 fully saturated rings. The Bertz CT molecular complexity index is 590. The summed E-state index contributed by atoms with van der Waals surface area (Å²) in [5.41, 5.74) is 3.79. The molecule has 0 unspecified atom stereocenters. The second-order valence-electron chi connectivity index (χ2n) is 3.84. The van der Waals surface area contributed by atoms with Gasteiger partial charge in [-0.05, 0) is 19.1 Å². The van der Waals surface area contributed by atoms with Crippen LogP contribution in [-0.2, 0) is 0 Å². The van der Waals surface area contributed by atoms with Gasteiger partial charge in [-0.2, -0.15) is 4.98 Å². The molecule has 6 nitrogen and oxygen atoms in total. The third kappa shape index (κ3) is 2.89. The monoisotopic (exact) mass is 263 g/mol. The fourth-order valence-corrected chi connectivity index (χ4v) is 1.53. The second kappa shape index (κ2) is 5.49. The highest BCUT2D eigenvalue weighted by atomic mass is 19.1. The lowest BCUT2D eigenvalue weighted by Crippen LogP contribution is -2.11. The van der Waals surface area contributed by atoms with Crippen molar-refractivity contribution in [1.29, 1.82) is 0 Å². The number of anilines is 3. The van der Waals surface area contributed by atoms with Crippen LogP contribution in [0.5, 0.6) is 5.75 Å². The molecule has 1 aromatic heterocycles. The van der Waals surface area contributed by atoms with Crippen LogP contribution in [0.25, 0.3) is 0 Å². The van der Waals surface area contributed by atoms with E-state index in [0.29, 0.717) is 17.3 Å². The highest BCUT2D eigenvalue weighted by Crippen LogP contribution is 2.28. The van der Waals surface area contributed by atoms with Gasteiger partial charge in [-0.3, -0.25) is 5.43 Å². The number of ether oxygens (including phenoxy) is 1. The summed E-state index contributed by atoms with van der Waals surface area (Å²) in [6.07, 6.45) is 1.63. The van der Waals surface area contributed by atoms with Crippen LogP contribution in [0.3, 0.4) is 0 Å². The first-order valence-corrected chi connectivity index (χ1v) is 5.55. The summed E-state index contributed by atoms with van der Waals surface area (Å²) in [7, 11) is 1.47. The molecule has 4 N–H and O–H groups in total. The van der Waals surface area contributed by atoms with E-state index in [0.717, 1.165) is 5.56 Å². The molecule has 0 aliphatic carbocycles. The minimum absolute atomic E-state index is 0.286. The smallest absolute Gasteiger partial charge is 0.239 e. The lowest BCUT2D eigenvalue weighted by atomic mass is 10.2. The van der Waals surface area contributed by atoms with Gasteiger partial charge in [0.25, 0.3) is 0 Å². The molecule has 0 saturated carbocycles. The first-order chi connectivity index (χ1) is 9.13. The van der Waals surface area contributed by atoms with Gasteiger partial charge in [0.15, 0.2) is 0 Å². The Morgan fingerprint density at radius 1 is 1.37 bits per heavy atom. The number of halogens is 1. The van der Waals surface area contributed by atoms with E-state index in [1.807, 2.05) is 6.92 Å². The first kappa shape index (κ1) is 13.0. The van der Waals surface area contributed by atoms with Crippen LogP contribution in [0.2, 0.25) is 0 Å². The predicted octanol–water partition coefficient (Wildman–Crippen LogP) is 1.96. The molecule has 1 heterocycles.